The van der Waals surface area contributed by atoms with E-state index in [9.17, 15) is 8.42 Å². The van der Waals surface area contributed by atoms with Crippen LogP contribution >= 0.6 is 0 Å². The van der Waals surface area contributed by atoms with Crippen molar-refractivity contribution in [2.75, 3.05) is 0 Å². The standard InChI is InChI=1S/C17H23N3O2S/c1-12-7-8-13(2)15(9-12)10-23(21,22)11-16-18-19-17(20(16)3)14-5-4-6-14/h7-9,14H,4-6,10-11H2,1-3H3. The maximum Gasteiger partial charge on any atom is 0.161 e. The second kappa shape index (κ2) is 6.07. The van der Waals surface area contributed by atoms with Gasteiger partial charge in [0.2, 0.25) is 0 Å². The summed E-state index contributed by atoms with van der Waals surface area (Å²) in [6.07, 6.45) is 3.47. The zero-order valence-electron chi connectivity index (χ0n) is 13.9. The van der Waals surface area contributed by atoms with Crippen LogP contribution in [-0.4, -0.2) is 23.2 Å². The van der Waals surface area contributed by atoms with E-state index in [1.54, 1.807) is 0 Å². The van der Waals surface area contributed by atoms with Crippen LogP contribution < -0.4 is 0 Å². The van der Waals surface area contributed by atoms with Gasteiger partial charge in [-0.15, -0.1) is 10.2 Å². The number of hydrogen-bond donors (Lipinski definition) is 0. The van der Waals surface area contributed by atoms with Gasteiger partial charge >= 0.3 is 0 Å². The van der Waals surface area contributed by atoms with Crippen molar-refractivity contribution in [3.8, 4) is 0 Å². The van der Waals surface area contributed by atoms with Crippen LogP contribution in [-0.2, 0) is 28.4 Å². The Balaban J connectivity index is 1.78. The summed E-state index contributed by atoms with van der Waals surface area (Å²) >= 11 is 0. The maximum absolute atomic E-state index is 12.6. The molecule has 1 saturated carbocycles. The summed E-state index contributed by atoms with van der Waals surface area (Å²) in [5.74, 6) is 1.90. The number of aromatic nitrogens is 3. The summed E-state index contributed by atoms with van der Waals surface area (Å²) in [7, 11) is -1.40. The highest BCUT2D eigenvalue weighted by atomic mass is 32.2. The molecule has 1 fully saturated rings. The zero-order chi connectivity index (χ0) is 16.6. The molecule has 124 valence electrons. The monoisotopic (exact) mass is 333 g/mol. The molecule has 2 aromatic rings. The highest BCUT2D eigenvalue weighted by molar-refractivity contribution is 7.89. The predicted molar refractivity (Wildman–Crippen MR) is 89.8 cm³/mol. The van der Waals surface area contributed by atoms with Crippen molar-refractivity contribution in [3.05, 3.63) is 46.5 Å². The molecule has 0 aliphatic heterocycles. The summed E-state index contributed by atoms with van der Waals surface area (Å²) in [6, 6.07) is 5.92. The van der Waals surface area contributed by atoms with Crippen LogP contribution in [0.1, 0.15) is 53.5 Å². The van der Waals surface area contributed by atoms with Gasteiger partial charge in [0.05, 0.1) is 5.75 Å². The Labute approximate surface area is 137 Å². The fourth-order valence-electron chi connectivity index (χ4n) is 2.96. The maximum atomic E-state index is 12.6. The molecule has 5 nitrogen and oxygen atoms in total. The Hall–Kier alpha value is -1.69. The minimum absolute atomic E-state index is 0.0478. The zero-order valence-corrected chi connectivity index (χ0v) is 14.7. The Morgan fingerprint density at radius 2 is 1.91 bits per heavy atom. The molecule has 0 amide bonds. The lowest BCUT2D eigenvalue weighted by atomic mass is 9.85. The molecule has 0 bridgehead atoms. The molecule has 0 saturated heterocycles. The highest BCUT2D eigenvalue weighted by Crippen LogP contribution is 2.35. The summed E-state index contributed by atoms with van der Waals surface area (Å²) in [4.78, 5) is 0. The molecule has 3 rings (SSSR count). The van der Waals surface area contributed by atoms with Crippen molar-refractivity contribution < 1.29 is 8.42 Å². The van der Waals surface area contributed by atoms with E-state index in [1.165, 1.54) is 6.42 Å². The molecule has 0 atom stereocenters. The van der Waals surface area contributed by atoms with Crippen LogP contribution in [0.25, 0.3) is 0 Å². The van der Waals surface area contributed by atoms with Crippen LogP contribution in [0, 0.1) is 13.8 Å². The van der Waals surface area contributed by atoms with Gasteiger partial charge in [0.15, 0.2) is 9.84 Å². The molecule has 0 N–H and O–H groups in total. The molecule has 1 aromatic heterocycles. The third-order valence-corrected chi connectivity index (χ3v) is 6.15. The van der Waals surface area contributed by atoms with Crippen molar-refractivity contribution in [2.45, 2.75) is 50.5 Å². The topological polar surface area (TPSA) is 64.8 Å². The van der Waals surface area contributed by atoms with E-state index in [4.69, 9.17) is 0 Å². The summed E-state index contributed by atoms with van der Waals surface area (Å²) in [6.45, 7) is 3.92. The average molecular weight is 333 g/mol. The Morgan fingerprint density at radius 3 is 2.57 bits per heavy atom. The minimum Gasteiger partial charge on any atom is -0.317 e. The molecule has 1 heterocycles. The van der Waals surface area contributed by atoms with Gasteiger partial charge in [-0.1, -0.05) is 30.2 Å². The van der Waals surface area contributed by atoms with E-state index in [2.05, 4.69) is 10.2 Å². The molecular formula is C17H23N3O2S. The van der Waals surface area contributed by atoms with Gasteiger partial charge in [-0.25, -0.2) is 8.42 Å². The van der Waals surface area contributed by atoms with Crippen LogP contribution in [0.2, 0.25) is 0 Å². The van der Waals surface area contributed by atoms with E-state index in [0.717, 1.165) is 35.4 Å². The lowest BCUT2D eigenvalue weighted by molar-refractivity contribution is 0.391. The molecule has 6 heteroatoms. The molecule has 0 unspecified atom stereocenters. The van der Waals surface area contributed by atoms with Crippen molar-refractivity contribution in [1.82, 2.24) is 14.8 Å². The highest BCUT2D eigenvalue weighted by Gasteiger charge is 2.26. The fourth-order valence-corrected chi connectivity index (χ4v) is 4.50. The van der Waals surface area contributed by atoms with Gasteiger partial charge in [-0.3, -0.25) is 0 Å². The molecule has 1 aliphatic rings. The summed E-state index contributed by atoms with van der Waals surface area (Å²) < 4.78 is 27.0. The quantitative estimate of drug-likeness (QED) is 0.844. The lowest BCUT2D eigenvalue weighted by Gasteiger charge is -2.24. The molecule has 1 aliphatic carbocycles. The first-order chi connectivity index (χ1) is 10.9. The smallest absolute Gasteiger partial charge is 0.161 e. The van der Waals surface area contributed by atoms with Gasteiger partial charge < -0.3 is 4.57 Å². The minimum atomic E-state index is -3.27. The number of rotatable bonds is 5. The fraction of sp³-hybridized carbons (Fsp3) is 0.529. The van der Waals surface area contributed by atoms with E-state index in [1.807, 2.05) is 43.7 Å². The number of benzene rings is 1. The first-order valence-corrected chi connectivity index (χ1v) is 9.82. The van der Waals surface area contributed by atoms with Crippen LogP contribution in [0.15, 0.2) is 18.2 Å². The van der Waals surface area contributed by atoms with Crippen LogP contribution in [0.3, 0.4) is 0 Å². The SMILES string of the molecule is Cc1ccc(C)c(CS(=O)(=O)Cc2nnc(C3CCC3)n2C)c1. The normalized spacial score (nSPS) is 15.6. The first-order valence-electron chi connectivity index (χ1n) is 8.00. The molecule has 1 aromatic carbocycles. The first kappa shape index (κ1) is 16.2. The van der Waals surface area contributed by atoms with Crippen molar-refractivity contribution in [1.29, 1.82) is 0 Å². The number of aryl methyl sites for hydroxylation is 2. The van der Waals surface area contributed by atoms with Crippen molar-refractivity contribution >= 4 is 9.84 Å². The van der Waals surface area contributed by atoms with E-state index in [-0.39, 0.29) is 11.5 Å². The second-order valence-corrected chi connectivity index (χ2v) is 8.69. The van der Waals surface area contributed by atoms with Gasteiger partial charge in [0.25, 0.3) is 0 Å². The van der Waals surface area contributed by atoms with Gasteiger partial charge in [-0.05, 0) is 37.8 Å². The van der Waals surface area contributed by atoms with E-state index >= 15 is 0 Å². The second-order valence-electron chi connectivity index (χ2n) is 6.62. The average Bonchev–Trinajstić information content (AvgIpc) is 2.74. The van der Waals surface area contributed by atoms with Gasteiger partial charge in [0.1, 0.15) is 17.4 Å². The van der Waals surface area contributed by atoms with Crippen LogP contribution in [0.5, 0.6) is 0 Å². The number of sulfone groups is 1. The summed E-state index contributed by atoms with van der Waals surface area (Å²) in [5, 5.41) is 8.33. The molecule has 0 radical (unpaired) electrons. The van der Waals surface area contributed by atoms with E-state index in [0.29, 0.717) is 11.7 Å². The predicted octanol–water partition coefficient (Wildman–Crippen LogP) is 2.81. The Bertz CT molecular complexity index is 820. The van der Waals surface area contributed by atoms with Gasteiger partial charge in [0, 0.05) is 13.0 Å². The third-order valence-electron chi connectivity index (χ3n) is 4.70. The van der Waals surface area contributed by atoms with Crippen LogP contribution in [0.4, 0.5) is 0 Å². The number of hydrogen-bond acceptors (Lipinski definition) is 4. The molecule has 0 spiro atoms. The Morgan fingerprint density at radius 1 is 1.17 bits per heavy atom. The Kier molecular flexibility index (Phi) is 4.27. The summed E-state index contributed by atoms with van der Waals surface area (Å²) in [5.41, 5.74) is 2.95. The molecule has 23 heavy (non-hydrogen) atoms. The lowest BCUT2D eigenvalue weighted by Crippen LogP contribution is -2.16. The van der Waals surface area contributed by atoms with Crippen molar-refractivity contribution in [2.24, 2.45) is 7.05 Å². The largest absolute Gasteiger partial charge is 0.317 e. The van der Waals surface area contributed by atoms with E-state index < -0.39 is 9.84 Å². The molecular weight excluding hydrogens is 310 g/mol. The third kappa shape index (κ3) is 3.47. The van der Waals surface area contributed by atoms with Gasteiger partial charge in [-0.2, -0.15) is 0 Å². The van der Waals surface area contributed by atoms with Crippen molar-refractivity contribution in [3.63, 3.8) is 0 Å². The number of nitrogens with zero attached hydrogens (tertiary/aromatic N) is 3.